The third-order valence-corrected chi connectivity index (χ3v) is 4.61. The van der Waals surface area contributed by atoms with Gasteiger partial charge in [-0.3, -0.25) is 4.79 Å². The maximum absolute atomic E-state index is 12.4. The fourth-order valence-electron chi connectivity index (χ4n) is 1.44. The van der Waals surface area contributed by atoms with Gasteiger partial charge in [-0.1, -0.05) is 13.8 Å². The van der Waals surface area contributed by atoms with Crippen LogP contribution in [0.3, 0.4) is 0 Å². The normalized spacial score (nSPS) is 14.0. The van der Waals surface area contributed by atoms with Crippen molar-refractivity contribution in [3.8, 4) is 0 Å². The molecule has 1 heterocycles. The Morgan fingerprint density at radius 2 is 1.86 bits per heavy atom. The van der Waals surface area contributed by atoms with Crippen LogP contribution >= 0.6 is 0 Å². The molecular formula is C13H17F3N2O3S. The second kappa shape index (κ2) is 6.64. The van der Waals surface area contributed by atoms with Crippen LogP contribution in [0.2, 0.25) is 0 Å². The Morgan fingerprint density at radius 1 is 1.27 bits per heavy atom. The summed E-state index contributed by atoms with van der Waals surface area (Å²) in [6.07, 6.45) is -4.17. The summed E-state index contributed by atoms with van der Waals surface area (Å²) < 4.78 is 61.1. The summed E-state index contributed by atoms with van der Waals surface area (Å²) in [6.45, 7) is 5.44. The van der Waals surface area contributed by atoms with Crippen LogP contribution in [0.1, 0.15) is 26.3 Å². The fourth-order valence-corrected chi connectivity index (χ4v) is 2.51. The van der Waals surface area contributed by atoms with E-state index in [1.54, 1.807) is 6.92 Å². The number of carbonyl (C=O) groups is 1. The topological polar surface area (TPSA) is 76.1 Å². The van der Waals surface area contributed by atoms with Crippen molar-refractivity contribution in [2.75, 3.05) is 5.75 Å². The molecule has 0 aromatic carbocycles. The molecule has 0 saturated heterocycles. The Morgan fingerprint density at radius 3 is 2.27 bits per heavy atom. The highest BCUT2D eigenvalue weighted by Gasteiger charge is 2.31. The van der Waals surface area contributed by atoms with E-state index in [2.05, 4.69) is 10.3 Å². The van der Waals surface area contributed by atoms with Crippen molar-refractivity contribution in [1.82, 2.24) is 10.3 Å². The number of alkyl halides is 3. The van der Waals surface area contributed by atoms with Gasteiger partial charge in [0.05, 0.1) is 5.56 Å². The van der Waals surface area contributed by atoms with E-state index in [1.165, 1.54) is 0 Å². The second-order valence-electron chi connectivity index (χ2n) is 5.24. The highest BCUT2D eigenvalue weighted by atomic mass is 32.2. The Labute approximate surface area is 126 Å². The van der Waals surface area contributed by atoms with E-state index < -0.39 is 38.3 Å². The number of rotatable bonds is 5. The molecule has 0 saturated carbocycles. The summed E-state index contributed by atoms with van der Waals surface area (Å²) in [6, 6.07) is 1.15. The summed E-state index contributed by atoms with van der Waals surface area (Å²) in [4.78, 5) is 15.0. The van der Waals surface area contributed by atoms with Crippen molar-refractivity contribution in [2.24, 2.45) is 5.92 Å². The minimum atomic E-state index is -4.60. The molecule has 1 aromatic rings. The van der Waals surface area contributed by atoms with Gasteiger partial charge in [0.2, 0.25) is 15.7 Å². The number of hydrogen-bond donors (Lipinski definition) is 1. The van der Waals surface area contributed by atoms with E-state index >= 15 is 0 Å². The Balaban J connectivity index is 2.85. The molecule has 0 spiro atoms. The molecule has 1 amide bonds. The van der Waals surface area contributed by atoms with Crippen molar-refractivity contribution < 1.29 is 26.4 Å². The third kappa shape index (κ3) is 4.97. The Bertz CT molecular complexity index is 625. The number of nitrogens with zero attached hydrogens (tertiary/aromatic N) is 1. The Hall–Kier alpha value is -1.64. The molecule has 22 heavy (non-hydrogen) atoms. The minimum Gasteiger partial charge on any atom is -0.353 e. The molecule has 0 aliphatic rings. The van der Waals surface area contributed by atoms with Gasteiger partial charge in [-0.15, -0.1) is 0 Å². The monoisotopic (exact) mass is 338 g/mol. The van der Waals surface area contributed by atoms with Crippen molar-refractivity contribution in [2.45, 2.75) is 38.0 Å². The zero-order chi connectivity index (χ0) is 17.1. The minimum absolute atomic E-state index is 0.121. The molecule has 1 N–H and O–H groups in total. The average molecular weight is 338 g/mol. The largest absolute Gasteiger partial charge is 0.417 e. The van der Waals surface area contributed by atoms with Gasteiger partial charge >= 0.3 is 6.18 Å². The van der Waals surface area contributed by atoms with Gasteiger partial charge in [0.1, 0.15) is 5.75 Å². The van der Waals surface area contributed by atoms with Crippen LogP contribution in [-0.2, 0) is 20.8 Å². The molecular weight excluding hydrogens is 321 g/mol. The highest BCUT2D eigenvalue weighted by Crippen LogP contribution is 2.28. The second-order valence-corrected chi connectivity index (χ2v) is 7.18. The summed E-state index contributed by atoms with van der Waals surface area (Å²) in [7, 11) is -4.08. The molecule has 1 rings (SSSR count). The average Bonchev–Trinajstić information content (AvgIpc) is 2.36. The van der Waals surface area contributed by atoms with Crippen LogP contribution in [0.4, 0.5) is 13.2 Å². The number of halogens is 3. The first-order chi connectivity index (χ1) is 9.93. The number of pyridine rings is 1. The molecule has 0 aliphatic heterocycles. The van der Waals surface area contributed by atoms with Crippen LogP contribution in [-0.4, -0.2) is 31.1 Å². The van der Waals surface area contributed by atoms with Gasteiger partial charge in [0, 0.05) is 12.2 Å². The lowest BCUT2D eigenvalue weighted by Crippen LogP contribution is -2.39. The SMILES string of the molecule is CC(C)[C@H](C)NC(=O)CS(=O)(=O)c1ccc(C(F)(F)F)cn1. The lowest BCUT2D eigenvalue weighted by Gasteiger charge is -2.17. The Kier molecular flexibility index (Phi) is 5.55. The predicted octanol–water partition coefficient (Wildman–Crippen LogP) is 2.03. The van der Waals surface area contributed by atoms with Gasteiger partial charge < -0.3 is 5.32 Å². The molecule has 0 radical (unpaired) electrons. The first kappa shape index (κ1) is 18.4. The smallest absolute Gasteiger partial charge is 0.353 e. The fraction of sp³-hybridized carbons (Fsp3) is 0.538. The first-order valence-electron chi connectivity index (χ1n) is 6.49. The maximum atomic E-state index is 12.4. The van der Waals surface area contributed by atoms with Crippen LogP contribution in [0.25, 0.3) is 0 Å². The van der Waals surface area contributed by atoms with Gasteiger partial charge in [0.15, 0.2) is 5.03 Å². The van der Waals surface area contributed by atoms with Crippen molar-refractivity contribution in [1.29, 1.82) is 0 Å². The van der Waals surface area contributed by atoms with Gasteiger partial charge in [-0.25, -0.2) is 13.4 Å². The molecule has 0 unspecified atom stereocenters. The number of hydrogen-bond acceptors (Lipinski definition) is 4. The summed E-state index contributed by atoms with van der Waals surface area (Å²) in [5, 5.41) is 1.95. The quantitative estimate of drug-likeness (QED) is 0.891. The van der Waals surface area contributed by atoms with E-state index in [1.807, 2.05) is 13.8 Å². The van der Waals surface area contributed by atoms with E-state index in [0.717, 1.165) is 6.07 Å². The zero-order valence-electron chi connectivity index (χ0n) is 12.3. The zero-order valence-corrected chi connectivity index (χ0v) is 13.1. The van der Waals surface area contributed by atoms with Crippen molar-refractivity contribution in [3.05, 3.63) is 23.9 Å². The van der Waals surface area contributed by atoms with E-state index in [4.69, 9.17) is 0 Å². The summed E-state index contributed by atoms with van der Waals surface area (Å²) in [5.41, 5.74) is -1.05. The number of amides is 1. The number of carbonyl (C=O) groups excluding carboxylic acids is 1. The van der Waals surface area contributed by atoms with Crippen LogP contribution in [0.5, 0.6) is 0 Å². The number of aromatic nitrogens is 1. The van der Waals surface area contributed by atoms with Crippen LogP contribution < -0.4 is 5.32 Å². The van der Waals surface area contributed by atoms with Crippen LogP contribution in [0, 0.1) is 5.92 Å². The maximum Gasteiger partial charge on any atom is 0.417 e. The number of nitrogens with one attached hydrogen (secondary N) is 1. The molecule has 0 aliphatic carbocycles. The molecule has 124 valence electrons. The van der Waals surface area contributed by atoms with Crippen molar-refractivity contribution >= 4 is 15.7 Å². The highest BCUT2D eigenvalue weighted by molar-refractivity contribution is 7.92. The predicted molar refractivity (Wildman–Crippen MR) is 73.7 cm³/mol. The van der Waals surface area contributed by atoms with Gasteiger partial charge in [-0.2, -0.15) is 13.2 Å². The van der Waals surface area contributed by atoms with Crippen LogP contribution in [0.15, 0.2) is 23.4 Å². The summed E-state index contributed by atoms with van der Waals surface area (Å²) in [5.74, 6) is -1.46. The molecule has 9 heteroatoms. The molecule has 1 aromatic heterocycles. The lowest BCUT2D eigenvalue weighted by atomic mass is 10.1. The summed E-state index contributed by atoms with van der Waals surface area (Å²) >= 11 is 0. The van der Waals surface area contributed by atoms with E-state index in [-0.39, 0.29) is 12.0 Å². The molecule has 1 atom stereocenters. The lowest BCUT2D eigenvalue weighted by molar-refractivity contribution is -0.137. The van der Waals surface area contributed by atoms with E-state index in [0.29, 0.717) is 12.3 Å². The standard InChI is InChI=1S/C13H17F3N2O3S/c1-8(2)9(3)18-11(19)7-22(20,21)12-5-4-10(6-17-12)13(14,15)16/h4-6,8-9H,7H2,1-3H3,(H,18,19)/t9-/m0/s1. The molecule has 0 fully saturated rings. The van der Waals surface area contributed by atoms with Gasteiger partial charge in [0.25, 0.3) is 0 Å². The van der Waals surface area contributed by atoms with E-state index in [9.17, 15) is 26.4 Å². The number of sulfone groups is 1. The molecule has 5 nitrogen and oxygen atoms in total. The molecule has 0 bridgehead atoms. The van der Waals surface area contributed by atoms with Gasteiger partial charge in [-0.05, 0) is 25.0 Å². The van der Waals surface area contributed by atoms with Crippen molar-refractivity contribution in [3.63, 3.8) is 0 Å². The first-order valence-corrected chi connectivity index (χ1v) is 8.14. The third-order valence-electron chi connectivity index (χ3n) is 3.09.